The molecule has 1 aliphatic rings. The molecule has 3 rings (SSSR count). The largest absolute Gasteiger partial charge is 0.494 e. The highest BCUT2D eigenvalue weighted by Gasteiger charge is 2.21. The number of rotatable bonds is 7. The number of amides is 1. The van der Waals surface area contributed by atoms with E-state index < -0.39 is 0 Å². The van der Waals surface area contributed by atoms with Gasteiger partial charge in [-0.2, -0.15) is 4.98 Å². The molecule has 8 heteroatoms. The molecule has 0 spiro atoms. The second-order valence-electron chi connectivity index (χ2n) is 7.56. The Balaban J connectivity index is 1.61. The van der Waals surface area contributed by atoms with Crippen LogP contribution in [0.4, 0.5) is 17.5 Å². The lowest BCUT2D eigenvalue weighted by atomic mass is 10.2. The zero-order valence-corrected chi connectivity index (χ0v) is 17.4. The van der Waals surface area contributed by atoms with Gasteiger partial charge >= 0.3 is 0 Å². The lowest BCUT2D eigenvalue weighted by Crippen LogP contribution is -2.48. The number of hydrogen-bond acceptors (Lipinski definition) is 7. The van der Waals surface area contributed by atoms with Crippen LogP contribution in [-0.4, -0.2) is 60.1 Å². The number of carbonyl (C=O) groups is 1. The van der Waals surface area contributed by atoms with E-state index in [0.717, 1.165) is 38.5 Å². The second-order valence-corrected chi connectivity index (χ2v) is 7.56. The van der Waals surface area contributed by atoms with E-state index in [1.165, 1.54) is 6.20 Å². The SMILES string of the molecule is CCOc1ccc(NC(=O)c2cnc(N3CCN(CC(C)C)CC3)nc2N)cc1. The van der Waals surface area contributed by atoms with Crippen molar-refractivity contribution in [1.82, 2.24) is 14.9 Å². The molecule has 0 saturated carbocycles. The van der Waals surface area contributed by atoms with Gasteiger partial charge in [0.2, 0.25) is 5.95 Å². The third kappa shape index (κ3) is 5.57. The van der Waals surface area contributed by atoms with E-state index >= 15 is 0 Å². The second kappa shape index (κ2) is 9.56. The lowest BCUT2D eigenvalue weighted by molar-refractivity contribution is 0.102. The summed E-state index contributed by atoms with van der Waals surface area (Å²) in [6.07, 6.45) is 1.50. The maximum absolute atomic E-state index is 12.6. The van der Waals surface area contributed by atoms with Crippen molar-refractivity contribution in [3.63, 3.8) is 0 Å². The summed E-state index contributed by atoms with van der Waals surface area (Å²) >= 11 is 0. The van der Waals surface area contributed by atoms with Crippen LogP contribution < -0.4 is 20.7 Å². The van der Waals surface area contributed by atoms with E-state index in [9.17, 15) is 4.79 Å². The van der Waals surface area contributed by atoms with Gasteiger partial charge in [-0.3, -0.25) is 9.69 Å². The van der Waals surface area contributed by atoms with Crippen molar-refractivity contribution >= 4 is 23.4 Å². The van der Waals surface area contributed by atoms with Crippen LogP contribution in [0.5, 0.6) is 5.75 Å². The molecule has 156 valence electrons. The summed E-state index contributed by atoms with van der Waals surface area (Å²) in [6.45, 7) is 11.7. The number of benzene rings is 1. The fourth-order valence-electron chi connectivity index (χ4n) is 3.36. The molecule has 0 radical (unpaired) electrons. The predicted molar refractivity (Wildman–Crippen MR) is 115 cm³/mol. The van der Waals surface area contributed by atoms with Crippen molar-refractivity contribution in [1.29, 1.82) is 0 Å². The van der Waals surface area contributed by atoms with Gasteiger partial charge in [-0.1, -0.05) is 13.8 Å². The number of ether oxygens (including phenoxy) is 1. The zero-order valence-electron chi connectivity index (χ0n) is 17.4. The number of anilines is 3. The predicted octanol–water partition coefficient (Wildman–Crippen LogP) is 2.49. The molecule has 1 aromatic heterocycles. The van der Waals surface area contributed by atoms with Crippen molar-refractivity contribution in [3.8, 4) is 5.75 Å². The molecule has 2 heterocycles. The Bertz CT molecular complexity index is 816. The molecule has 3 N–H and O–H groups in total. The topological polar surface area (TPSA) is 96.6 Å². The number of carbonyl (C=O) groups excluding carboxylic acids is 1. The number of aromatic nitrogens is 2. The van der Waals surface area contributed by atoms with Crippen molar-refractivity contribution in [2.24, 2.45) is 5.92 Å². The van der Waals surface area contributed by atoms with Gasteiger partial charge in [0.25, 0.3) is 5.91 Å². The van der Waals surface area contributed by atoms with E-state index in [2.05, 4.69) is 38.9 Å². The number of nitrogen functional groups attached to an aromatic ring is 1. The van der Waals surface area contributed by atoms with E-state index in [1.807, 2.05) is 6.92 Å². The average Bonchev–Trinajstić information content (AvgIpc) is 2.69. The zero-order chi connectivity index (χ0) is 20.8. The van der Waals surface area contributed by atoms with Gasteiger partial charge in [0, 0.05) is 44.6 Å². The third-order valence-electron chi connectivity index (χ3n) is 4.75. The molecular formula is C21H30N6O2. The third-order valence-corrected chi connectivity index (χ3v) is 4.75. The molecule has 0 atom stereocenters. The Morgan fingerprint density at radius 2 is 1.90 bits per heavy atom. The molecule has 1 aliphatic heterocycles. The van der Waals surface area contributed by atoms with Crippen LogP contribution in [-0.2, 0) is 0 Å². The fourth-order valence-corrected chi connectivity index (χ4v) is 3.36. The first-order valence-corrected chi connectivity index (χ1v) is 10.1. The smallest absolute Gasteiger partial charge is 0.260 e. The summed E-state index contributed by atoms with van der Waals surface area (Å²) in [5.41, 5.74) is 6.99. The van der Waals surface area contributed by atoms with Crippen molar-refractivity contribution in [2.75, 3.05) is 55.3 Å². The Labute approximate surface area is 172 Å². The summed E-state index contributed by atoms with van der Waals surface area (Å²) in [5, 5.41) is 2.82. The first-order valence-electron chi connectivity index (χ1n) is 10.1. The first-order chi connectivity index (χ1) is 14.0. The van der Waals surface area contributed by atoms with E-state index in [0.29, 0.717) is 24.2 Å². The average molecular weight is 399 g/mol. The molecule has 2 aromatic rings. The van der Waals surface area contributed by atoms with Crippen LogP contribution in [0.25, 0.3) is 0 Å². The quantitative estimate of drug-likeness (QED) is 0.739. The van der Waals surface area contributed by atoms with Crippen LogP contribution in [0.2, 0.25) is 0 Å². The Morgan fingerprint density at radius 1 is 1.21 bits per heavy atom. The van der Waals surface area contributed by atoms with Crippen LogP contribution >= 0.6 is 0 Å². The summed E-state index contributed by atoms with van der Waals surface area (Å²) in [7, 11) is 0. The molecule has 1 amide bonds. The van der Waals surface area contributed by atoms with Crippen molar-refractivity contribution in [2.45, 2.75) is 20.8 Å². The molecule has 0 aliphatic carbocycles. The molecule has 1 saturated heterocycles. The molecule has 8 nitrogen and oxygen atoms in total. The van der Waals surface area contributed by atoms with Crippen LogP contribution in [0.15, 0.2) is 30.5 Å². The Morgan fingerprint density at radius 3 is 2.48 bits per heavy atom. The molecular weight excluding hydrogens is 368 g/mol. The number of nitrogens with one attached hydrogen (secondary N) is 1. The number of nitrogens with two attached hydrogens (primary N) is 1. The number of nitrogens with zero attached hydrogens (tertiary/aromatic N) is 4. The minimum absolute atomic E-state index is 0.183. The first kappa shape index (κ1) is 20.9. The van der Waals surface area contributed by atoms with Gasteiger partial charge in [-0.05, 0) is 37.1 Å². The lowest BCUT2D eigenvalue weighted by Gasteiger charge is -2.35. The van der Waals surface area contributed by atoms with E-state index in [-0.39, 0.29) is 17.3 Å². The summed E-state index contributed by atoms with van der Waals surface area (Å²) in [6, 6.07) is 7.18. The Hall–Kier alpha value is -2.87. The van der Waals surface area contributed by atoms with Crippen LogP contribution in [0.3, 0.4) is 0 Å². The van der Waals surface area contributed by atoms with Crippen molar-refractivity contribution in [3.05, 3.63) is 36.0 Å². The highest BCUT2D eigenvalue weighted by atomic mass is 16.5. The maximum Gasteiger partial charge on any atom is 0.260 e. The number of piperazine rings is 1. The monoisotopic (exact) mass is 398 g/mol. The van der Waals surface area contributed by atoms with Gasteiger partial charge < -0.3 is 20.7 Å². The Kier molecular flexibility index (Phi) is 6.87. The van der Waals surface area contributed by atoms with Crippen LogP contribution in [0.1, 0.15) is 31.1 Å². The summed E-state index contributed by atoms with van der Waals surface area (Å²) < 4.78 is 5.41. The van der Waals surface area contributed by atoms with Gasteiger partial charge in [-0.15, -0.1) is 0 Å². The summed E-state index contributed by atoms with van der Waals surface area (Å²) in [4.78, 5) is 25.9. The minimum atomic E-state index is -0.333. The summed E-state index contributed by atoms with van der Waals surface area (Å²) in [5.74, 6) is 1.83. The van der Waals surface area contributed by atoms with Crippen LogP contribution in [0, 0.1) is 5.92 Å². The van der Waals surface area contributed by atoms with Gasteiger partial charge in [0.15, 0.2) is 0 Å². The standard InChI is InChI=1S/C21H30N6O2/c1-4-29-17-7-5-16(6-8-17)24-20(28)18-13-23-21(25-19(18)22)27-11-9-26(10-12-27)14-15(2)3/h5-8,13,15H,4,9-12,14H2,1-3H3,(H,24,28)(H2,22,23,25). The fraction of sp³-hybridized carbons (Fsp3) is 0.476. The molecule has 0 unspecified atom stereocenters. The number of hydrogen-bond donors (Lipinski definition) is 2. The minimum Gasteiger partial charge on any atom is -0.494 e. The van der Waals surface area contributed by atoms with Crippen molar-refractivity contribution < 1.29 is 9.53 Å². The molecule has 0 bridgehead atoms. The maximum atomic E-state index is 12.6. The molecule has 1 aromatic carbocycles. The van der Waals surface area contributed by atoms with E-state index in [1.54, 1.807) is 24.3 Å². The molecule has 29 heavy (non-hydrogen) atoms. The molecule has 1 fully saturated rings. The van der Waals surface area contributed by atoms with Gasteiger partial charge in [0.05, 0.1) is 6.61 Å². The van der Waals surface area contributed by atoms with Gasteiger partial charge in [0.1, 0.15) is 17.1 Å². The van der Waals surface area contributed by atoms with E-state index in [4.69, 9.17) is 10.5 Å². The highest BCUT2D eigenvalue weighted by molar-refractivity contribution is 6.07. The normalized spacial score (nSPS) is 14.8. The highest BCUT2D eigenvalue weighted by Crippen LogP contribution is 2.19. The van der Waals surface area contributed by atoms with Gasteiger partial charge in [-0.25, -0.2) is 4.98 Å².